The van der Waals surface area contributed by atoms with Gasteiger partial charge in [0, 0.05) is 19.2 Å². The fourth-order valence-corrected chi connectivity index (χ4v) is 6.01. The fourth-order valence-electron chi connectivity index (χ4n) is 4.58. The first-order valence-electron chi connectivity index (χ1n) is 14.0. The maximum Gasteiger partial charge on any atom is 0.264 e. The van der Waals surface area contributed by atoms with Gasteiger partial charge in [0.2, 0.25) is 11.8 Å². The van der Waals surface area contributed by atoms with Gasteiger partial charge in [0.25, 0.3) is 10.0 Å². The van der Waals surface area contributed by atoms with Crippen LogP contribution >= 0.6 is 0 Å². The van der Waals surface area contributed by atoms with Crippen molar-refractivity contribution in [3.63, 3.8) is 0 Å². The highest BCUT2D eigenvalue weighted by Crippen LogP contribution is 2.34. The van der Waals surface area contributed by atoms with Crippen LogP contribution in [-0.2, 0) is 26.2 Å². The highest BCUT2D eigenvalue weighted by atomic mass is 32.2. The van der Waals surface area contributed by atoms with E-state index in [0.29, 0.717) is 24.5 Å². The van der Waals surface area contributed by atoms with Gasteiger partial charge in [0.1, 0.15) is 37.4 Å². The monoisotopic (exact) mass is 615 g/mol. The van der Waals surface area contributed by atoms with Crippen molar-refractivity contribution in [1.82, 2.24) is 10.2 Å². The second-order valence-corrected chi connectivity index (χ2v) is 12.4. The maximum atomic E-state index is 14.1. The molecule has 4 rings (SSSR count). The lowest BCUT2D eigenvalue weighted by atomic mass is 10.1. The van der Waals surface area contributed by atoms with E-state index in [1.807, 2.05) is 13.8 Å². The van der Waals surface area contributed by atoms with Gasteiger partial charge in [-0.25, -0.2) is 17.2 Å². The van der Waals surface area contributed by atoms with E-state index in [2.05, 4.69) is 5.32 Å². The van der Waals surface area contributed by atoms with Crippen LogP contribution in [0.15, 0.2) is 71.6 Å². The standard InChI is InChI=1S/C31H35F2N3O6S/c1-4-27(31(38)34-18-21(2)3)35(19-22-5-7-23(32)8-6-22)30(37)20-36(25-11-9-24(33)10-12-25)43(39,40)26-13-14-28-29(17-26)42-16-15-41-28/h5-14,17,21,27H,4,15-16,18-20H2,1-3H3,(H,34,38)/t27-/m1/s1. The van der Waals surface area contributed by atoms with Gasteiger partial charge in [0.15, 0.2) is 11.5 Å². The summed E-state index contributed by atoms with van der Waals surface area (Å²) in [5, 5.41) is 2.85. The van der Waals surface area contributed by atoms with E-state index in [1.165, 1.54) is 59.5 Å². The van der Waals surface area contributed by atoms with E-state index in [0.717, 1.165) is 16.4 Å². The number of rotatable bonds is 12. The number of nitrogens with zero attached hydrogens (tertiary/aromatic N) is 2. The minimum atomic E-state index is -4.40. The first-order chi connectivity index (χ1) is 20.5. The minimum Gasteiger partial charge on any atom is -0.486 e. The molecule has 2 amide bonds. The predicted molar refractivity (Wildman–Crippen MR) is 157 cm³/mol. The van der Waals surface area contributed by atoms with Crippen molar-refractivity contribution in [3.8, 4) is 11.5 Å². The Kier molecular flexibility index (Phi) is 10.2. The van der Waals surface area contributed by atoms with Crippen LogP contribution in [0.3, 0.4) is 0 Å². The molecule has 9 nitrogen and oxygen atoms in total. The summed E-state index contributed by atoms with van der Waals surface area (Å²) in [6.45, 7) is 5.79. The molecule has 0 saturated carbocycles. The normalized spacial score (nSPS) is 13.3. The van der Waals surface area contributed by atoms with Crippen LogP contribution in [0.4, 0.5) is 14.5 Å². The summed E-state index contributed by atoms with van der Waals surface area (Å²) >= 11 is 0. The average Bonchev–Trinajstić information content (AvgIpc) is 2.99. The molecule has 0 bridgehead atoms. The Balaban J connectivity index is 1.73. The van der Waals surface area contributed by atoms with E-state index in [-0.39, 0.29) is 41.8 Å². The van der Waals surface area contributed by atoms with Crippen LogP contribution in [-0.4, -0.2) is 57.5 Å². The number of ether oxygens (including phenoxy) is 2. The minimum absolute atomic E-state index is 0.0451. The summed E-state index contributed by atoms with van der Waals surface area (Å²) in [7, 11) is -4.40. The lowest BCUT2D eigenvalue weighted by Crippen LogP contribution is -2.52. The third kappa shape index (κ3) is 7.81. The van der Waals surface area contributed by atoms with Crippen LogP contribution < -0.4 is 19.1 Å². The Labute approximate surface area is 250 Å². The van der Waals surface area contributed by atoms with Crippen LogP contribution in [0.5, 0.6) is 11.5 Å². The van der Waals surface area contributed by atoms with E-state index in [9.17, 15) is 26.8 Å². The van der Waals surface area contributed by atoms with Crippen LogP contribution in [0.25, 0.3) is 0 Å². The van der Waals surface area contributed by atoms with E-state index >= 15 is 0 Å². The Hall–Kier alpha value is -4.19. The first-order valence-corrected chi connectivity index (χ1v) is 15.4. The number of carbonyl (C=O) groups is 2. The summed E-state index contributed by atoms with van der Waals surface area (Å²) in [5.41, 5.74) is 0.594. The van der Waals surface area contributed by atoms with Crippen molar-refractivity contribution in [2.45, 2.75) is 44.7 Å². The molecule has 0 radical (unpaired) electrons. The molecule has 0 aliphatic carbocycles. The SMILES string of the molecule is CC[C@H](C(=O)NCC(C)C)N(Cc1ccc(F)cc1)C(=O)CN(c1ccc(F)cc1)S(=O)(=O)c1ccc2c(c1)OCCO2. The summed E-state index contributed by atoms with van der Waals surface area (Å²) in [4.78, 5) is 28.4. The molecule has 0 spiro atoms. The van der Waals surface area contributed by atoms with Gasteiger partial charge in [-0.2, -0.15) is 0 Å². The Morgan fingerprint density at radius 2 is 1.51 bits per heavy atom. The summed E-state index contributed by atoms with van der Waals surface area (Å²) in [5.74, 6) is -1.33. The fraction of sp³-hybridized carbons (Fsp3) is 0.355. The van der Waals surface area contributed by atoms with Gasteiger partial charge in [-0.1, -0.05) is 32.9 Å². The number of carbonyl (C=O) groups excluding carboxylic acids is 2. The van der Waals surface area contributed by atoms with Crippen molar-refractivity contribution < 1.29 is 36.3 Å². The highest BCUT2D eigenvalue weighted by Gasteiger charge is 2.34. The molecule has 12 heteroatoms. The molecule has 0 fully saturated rings. The average molecular weight is 616 g/mol. The number of anilines is 1. The molecule has 0 saturated heterocycles. The van der Waals surface area contributed by atoms with Gasteiger partial charge in [-0.05, 0) is 66.4 Å². The molecule has 0 unspecified atom stereocenters. The second kappa shape index (κ2) is 13.9. The summed E-state index contributed by atoms with van der Waals surface area (Å²) < 4.78 is 67.5. The van der Waals surface area contributed by atoms with Crippen LogP contribution in [0.1, 0.15) is 32.8 Å². The summed E-state index contributed by atoms with van der Waals surface area (Å²) in [6.07, 6.45) is 0.238. The maximum absolute atomic E-state index is 14.1. The Bertz CT molecular complexity index is 1530. The van der Waals surface area contributed by atoms with E-state index < -0.39 is 46.1 Å². The highest BCUT2D eigenvalue weighted by molar-refractivity contribution is 7.92. The number of halogens is 2. The smallest absolute Gasteiger partial charge is 0.264 e. The molecule has 43 heavy (non-hydrogen) atoms. The van der Waals surface area contributed by atoms with E-state index in [1.54, 1.807) is 6.92 Å². The third-order valence-electron chi connectivity index (χ3n) is 6.83. The molecule has 1 atom stereocenters. The number of nitrogens with one attached hydrogen (secondary N) is 1. The number of hydrogen-bond donors (Lipinski definition) is 1. The van der Waals surface area contributed by atoms with E-state index in [4.69, 9.17) is 9.47 Å². The van der Waals surface area contributed by atoms with Gasteiger partial charge in [0.05, 0.1) is 10.6 Å². The topological polar surface area (TPSA) is 105 Å². The number of benzene rings is 3. The number of hydrogen-bond acceptors (Lipinski definition) is 6. The predicted octanol–water partition coefficient (Wildman–Crippen LogP) is 4.51. The summed E-state index contributed by atoms with van der Waals surface area (Å²) in [6, 6.07) is 13.4. The van der Waals surface area contributed by atoms with Crippen molar-refractivity contribution in [2.24, 2.45) is 5.92 Å². The molecule has 1 aliphatic rings. The van der Waals surface area contributed by atoms with Crippen molar-refractivity contribution in [2.75, 3.05) is 30.6 Å². The molecule has 230 valence electrons. The number of fused-ring (bicyclic) bond motifs is 1. The third-order valence-corrected chi connectivity index (χ3v) is 8.60. The molecule has 3 aromatic rings. The lowest BCUT2D eigenvalue weighted by Gasteiger charge is -2.33. The van der Waals surface area contributed by atoms with Crippen molar-refractivity contribution in [1.29, 1.82) is 0 Å². The quantitative estimate of drug-likeness (QED) is 0.322. The van der Waals surface area contributed by atoms with Gasteiger partial charge >= 0.3 is 0 Å². The number of sulfonamides is 1. The molecule has 3 aromatic carbocycles. The molecular weight excluding hydrogens is 580 g/mol. The molecular formula is C31H35F2N3O6S. The van der Waals surface area contributed by atoms with Gasteiger partial charge in [-0.15, -0.1) is 0 Å². The van der Waals surface area contributed by atoms with Crippen LogP contribution in [0, 0.1) is 17.6 Å². The Morgan fingerprint density at radius 1 is 0.907 bits per heavy atom. The van der Waals surface area contributed by atoms with Crippen molar-refractivity contribution >= 4 is 27.5 Å². The zero-order valence-corrected chi connectivity index (χ0v) is 25.1. The second-order valence-electron chi connectivity index (χ2n) is 10.5. The number of amides is 2. The first kappa shape index (κ1) is 31.7. The largest absolute Gasteiger partial charge is 0.486 e. The molecule has 1 N–H and O–H groups in total. The zero-order chi connectivity index (χ0) is 31.1. The molecule has 0 aromatic heterocycles. The Morgan fingerprint density at radius 3 is 2.12 bits per heavy atom. The zero-order valence-electron chi connectivity index (χ0n) is 24.3. The van der Waals surface area contributed by atoms with Gasteiger partial charge in [-0.3, -0.25) is 13.9 Å². The lowest BCUT2D eigenvalue weighted by molar-refractivity contribution is -0.140. The molecule has 1 aliphatic heterocycles. The van der Waals surface area contributed by atoms with Gasteiger partial charge < -0.3 is 19.7 Å². The molecule has 1 heterocycles. The van der Waals surface area contributed by atoms with Crippen molar-refractivity contribution in [3.05, 3.63) is 83.9 Å². The van der Waals surface area contributed by atoms with Crippen LogP contribution in [0.2, 0.25) is 0 Å².